The molecule has 3 N–H and O–H groups in total. The van der Waals surface area contributed by atoms with Crippen molar-refractivity contribution in [3.8, 4) is 0 Å². The van der Waals surface area contributed by atoms with Crippen molar-refractivity contribution >= 4 is 17.4 Å². The molecule has 82 valence electrons. The second-order valence-electron chi connectivity index (χ2n) is 3.53. The Morgan fingerprint density at radius 2 is 2.27 bits per heavy atom. The number of rotatable bonds is 3. The lowest BCUT2D eigenvalue weighted by Gasteiger charge is -2.19. The molecule has 0 saturated heterocycles. The number of hydrogen-bond donors (Lipinski definition) is 2. The second-order valence-corrected chi connectivity index (χ2v) is 3.53. The maximum atomic E-state index is 11.6. The predicted molar refractivity (Wildman–Crippen MR) is 60.4 cm³/mol. The molecule has 1 heterocycles. The average Bonchev–Trinajstić information content (AvgIpc) is 2.20. The van der Waals surface area contributed by atoms with E-state index in [2.05, 4.69) is 10.3 Å². The van der Waals surface area contributed by atoms with Crippen molar-refractivity contribution in [1.82, 2.24) is 9.88 Å². The lowest BCUT2D eigenvalue weighted by molar-refractivity contribution is -0.129. The Hall–Kier alpha value is -1.78. The van der Waals surface area contributed by atoms with Gasteiger partial charge in [0.05, 0.1) is 5.69 Å². The van der Waals surface area contributed by atoms with Crippen molar-refractivity contribution in [2.24, 2.45) is 0 Å². The van der Waals surface area contributed by atoms with E-state index < -0.39 is 0 Å². The van der Waals surface area contributed by atoms with Gasteiger partial charge in [0.2, 0.25) is 5.91 Å². The second kappa shape index (κ2) is 4.63. The fourth-order valence-corrected chi connectivity index (χ4v) is 1.22. The number of nitrogens with two attached hydrogens (primary N) is 1. The van der Waals surface area contributed by atoms with Gasteiger partial charge in [-0.15, -0.1) is 0 Å². The smallest absolute Gasteiger partial charge is 0.244 e. The molecule has 0 fully saturated rings. The van der Waals surface area contributed by atoms with E-state index in [0.717, 1.165) is 0 Å². The van der Waals surface area contributed by atoms with Crippen LogP contribution in [0.25, 0.3) is 0 Å². The number of hydrogen-bond acceptors (Lipinski definition) is 4. The first-order valence-electron chi connectivity index (χ1n) is 4.70. The zero-order valence-corrected chi connectivity index (χ0v) is 9.19. The third kappa shape index (κ3) is 2.83. The summed E-state index contributed by atoms with van der Waals surface area (Å²) in [5.74, 6) is 0.397. The minimum absolute atomic E-state index is 0.00162. The molecule has 0 saturated carbocycles. The van der Waals surface area contributed by atoms with Gasteiger partial charge < -0.3 is 16.0 Å². The summed E-state index contributed by atoms with van der Waals surface area (Å²) < 4.78 is 0. The van der Waals surface area contributed by atoms with Crippen molar-refractivity contribution in [3.05, 3.63) is 18.3 Å². The monoisotopic (exact) mass is 208 g/mol. The van der Waals surface area contributed by atoms with Gasteiger partial charge in [-0.1, -0.05) is 0 Å². The number of anilines is 2. The standard InChI is InChI=1S/C10H16N4O/c1-7(10(15)14(2)3)13-8-5-4-6-12-9(8)11/h4-7,13H,1-3H3,(H2,11,12). The van der Waals surface area contributed by atoms with Crippen LogP contribution in [0.2, 0.25) is 0 Å². The molecule has 0 aliphatic heterocycles. The molecule has 1 atom stereocenters. The maximum absolute atomic E-state index is 11.6. The summed E-state index contributed by atoms with van der Waals surface area (Å²) in [4.78, 5) is 17.0. The third-order valence-corrected chi connectivity index (χ3v) is 2.02. The first kappa shape index (κ1) is 11.3. The number of carbonyl (C=O) groups is 1. The van der Waals surface area contributed by atoms with E-state index in [1.54, 1.807) is 39.3 Å². The molecule has 1 aromatic rings. The summed E-state index contributed by atoms with van der Waals surface area (Å²) >= 11 is 0. The van der Waals surface area contributed by atoms with Crippen LogP contribution in [-0.4, -0.2) is 35.9 Å². The summed E-state index contributed by atoms with van der Waals surface area (Å²) in [6.07, 6.45) is 1.61. The SMILES string of the molecule is CC(Nc1cccnc1N)C(=O)N(C)C. The summed E-state index contributed by atoms with van der Waals surface area (Å²) in [7, 11) is 3.43. The van der Waals surface area contributed by atoms with Gasteiger partial charge in [0.25, 0.3) is 0 Å². The minimum atomic E-state index is -0.313. The van der Waals surface area contributed by atoms with Crippen LogP contribution in [0.1, 0.15) is 6.92 Å². The predicted octanol–water partition coefficient (Wildman–Crippen LogP) is 0.552. The largest absolute Gasteiger partial charge is 0.382 e. The van der Waals surface area contributed by atoms with Crippen LogP contribution in [0.4, 0.5) is 11.5 Å². The van der Waals surface area contributed by atoms with Gasteiger partial charge in [-0.05, 0) is 19.1 Å². The van der Waals surface area contributed by atoms with Gasteiger partial charge >= 0.3 is 0 Å². The van der Waals surface area contributed by atoms with Crippen molar-refractivity contribution in [2.45, 2.75) is 13.0 Å². The highest BCUT2D eigenvalue weighted by molar-refractivity contribution is 5.84. The van der Waals surface area contributed by atoms with Gasteiger partial charge in [0.15, 0.2) is 0 Å². The quantitative estimate of drug-likeness (QED) is 0.761. The molecule has 0 aromatic carbocycles. The highest BCUT2D eigenvalue weighted by Gasteiger charge is 2.15. The Morgan fingerprint density at radius 3 is 2.80 bits per heavy atom. The first-order valence-corrected chi connectivity index (χ1v) is 4.70. The van der Waals surface area contributed by atoms with Crippen molar-refractivity contribution in [1.29, 1.82) is 0 Å². The third-order valence-electron chi connectivity index (χ3n) is 2.02. The molecule has 15 heavy (non-hydrogen) atoms. The fraction of sp³-hybridized carbons (Fsp3) is 0.400. The molecule has 5 nitrogen and oxygen atoms in total. The van der Waals surface area contributed by atoms with Crippen LogP contribution in [0.3, 0.4) is 0 Å². The van der Waals surface area contributed by atoms with Gasteiger partial charge in [-0.25, -0.2) is 4.98 Å². The van der Waals surface area contributed by atoms with E-state index in [0.29, 0.717) is 11.5 Å². The van der Waals surface area contributed by atoms with E-state index in [1.165, 1.54) is 4.90 Å². The molecule has 5 heteroatoms. The molecular formula is C10H16N4O. The van der Waals surface area contributed by atoms with Gasteiger partial charge in [0.1, 0.15) is 11.9 Å². The van der Waals surface area contributed by atoms with Gasteiger partial charge in [-0.3, -0.25) is 4.79 Å². The van der Waals surface area contributed by atoms with Crippen molar-refractivity contribution in [3.63, 3.8) is 0 Å². The molecule has 0 spiro atoms. The minimum Gasteiger partial charge on any atom is -0.382 e. The summed E-state index contributed by atoms with van der Waals surface area (Å²) in [6.45, 7) is 1.79. The number of carbonyl (C=O) groups excluding carboxylic acids is 1. The topological polar surface area (TPSA) is 71.2 Å². The summed E-state index contributed by atoms with van der Waals surface area (Å²) in [5, 5.41) is 3.01. The van der Waals surface area contributed by atoms with Crippen molar-refractivity contribution in [2.75, 3.05) is 25.1 Å². The Balaban J connectivity index is 2.71. The highest BCUT2D eigenvalue weighted by Crippen LogP contribution is 2.14. The number of nitrogens with one attached hydrogen (secondary N) is 1. The van der Waals surface area contributed by atoms with Gasteiger partial charge in [0, 0.05) is 20.3 Å². The molecule has 0 bridgehead atoms. The first-order chi connectivity index (χ1) is 7.02. The van der Waals surface area contributed by atoms with E-state index in [4.69, 9.17) is 5.73 Å². The molecule has 0 radical (unpaired) electrons. The highest BCUT2D eigenvalue weighted by atomic mass is 16.2. The Bertz CT molecular complexity index is 351. The molecule has 1 rings (SSSR count). The zero-order valence-electron chi connectivity index (χ0n) is 9.19. The number of likely N-dealkylation sites (N-methyl/N-ethyl adjacent to an activating group) is 1. The van der Waals surface area contributed by atoms with Crippen LogP contribution in [0, 0.1) is 0 Å². The molecule has 1 aromatic heterocycles. The zero-order chi connectivity index (χ0) is 11.4. The molecular weight excluding hydrogens is 192 g/mol. The normalized spacial score (nSPS) is 11.9. The van der Waals surface area contributed by atoms with Gasteiger partial charge in [-0.2, -0.15) is 0 Å². The number of pyridine rings is 1. The van der Waals surface area contributed by atoms with Crippen LogP contribution in [-0.2, 0) is 4.79 Å². The van der Waals surface area contributed by atoms with E-state index in [-0.39, 0.29) is 11.9 Å². The van der Waals surface area contributed by atoms with E-state index in [9.17, 15) is 4.79 Å². The Kier molecular flexibility index (Phi) is 3.49. The molecule has 0 aliphatic rings. The lowest BCUT2D eigenvalue weighted by Crippen LogP contribution is -2.36. The molecule has 1 amide bonds. The van der Waals surface area contributed by atoms with Crippen LogP contribution < -0.4 is 11.1 Å². The lowest BCUT2D eigenvalue weighted by atomic mass is 10.2. The maximum Gasteiger partial charge on any atom is 0.244 e. The number of amides is 1. The van der Waals surface area contributed by atoms with Crippen LogP contribution >= 0.6 is 0 Å². The summed E-state index contributed by atoms with van der Waals surface area (Å²) in [5.41, 5.74) is 6.33. The van der Waals surface area contributed by atoms with E-state index >= 15 is 0 Å². The van der Waals surface area contributed by atoms with E-state index in [1.807, 2.05) is 0 Å². The average molecular weight is 208 g/mol. The Labute approximate surface area is 89.3 Å². The van der Waals surface area contributed by atoms with Crippen LogP contribution in [0.5, 0.6) is 0 Å². The van der Waals surface area contributed by atoms with Crippen LogP contribution in [0.15, 0.2) is 18.3 Å². The number of nitrogens with zero attached hydrogens (tertiary/aromatic N) is 2. The number of aromatic nitrogens is 1. The van der Waals surface area contributed by atoms with Crippen molar-refractivity contribution < 1.29 is 4.79 Å². The number of nitrogen functional groups attached to an aromatic ring is 1. The molecule has 0 aliphatic carbocycles. The fourth-order valence-electron chi connectivity index (χ4n) is 1.22. The Morgan fingerprint density at radius 1 is 1.60 bits per heavy atom. The molecule has 1 unspecified atom stereocenters. The summed E-state index contributed by atoms with van der Waals surface area (Å²) in [6, 6.07) is 3.25.